The summed E-state index contributed by atoms with van der Waals surface area (Å²) in [4.78, 5) is 53.2. The number of aliphatic hydroxyl groups excluding tert-OH is 2. The molecule has 3 unspecified atom stereocenters. The largest absolute Gasteiger partial charge is 0.478 e. The van der Waals surface area contributed by atoms with Crippen LogP contribution in [0.1, 0.15) is 79.6 Å². The average Bonchev–Trinajstić information content (AvgIpc) is 2.82. The van der Waals surface area contributed by atoms with Crippen molar-refractivity contribution >= 4 is 23.6 Å². The zero-order valence-corrected chi connectivity index (χ0v) is 23.7. The van der Waals surface area contributed by atoms with E-state index >= 15 is 0 Å². The molecule has 216 valence electrons. The topological polar surface area (TPSA) is 166 Å². The van der Waals surface area contributed by atoms with Gasteiger partial charge in [0.2, 0.25) is 11.5 Å². The number of nitrogens with one attached hydrogen (secondary N) is 2. The number of carbonyl (C=O) groups is 4. The van der Waals surface area contributed by atoms with Crippen molar-refractivity contribution in [3.8, 4) is 0 Å². The van der Waals surface area contributed by atoms with Crippen molar-refractivity contribution in [2.24, 2.45) is 5.92 Å². The molecule has 0 saturated carbocycles. The van der Waals surface area contributed by atoms with Crippen LogP contribution in [0.15, 0.2) is 0 Å². The number of carbonyl (C=O) groups excluding carboxylic acids is 3. The van der Waals surface area contributed by atoms with Crippen LogP contribution in [-0.2, 0) is 23.9 Å². The summed E-state index contributed by atoms with van der Waals surface area (Å²) < 4.78 is 5.58. The molecule has 0 spiro atoms. The van der Waals surface area contributed by atoms with Crippen molar-refractivity contribution < 1.29 is 39.2 Å². The molecule has 5 N–H and O–H groups in total. The van der Waals surface area contributed by atoms with Crippen LogP contribution in [0, 0.1) is 5.92 Å². The number of rotatable bonds is 19. The van der Waals surface area contributed by atoms with Gasteiger partial charge in [0.1, 0.15) is 6.04 Å². The van der Waals surface area contributed by atoms with E-state index in [1.165, 1.54) is 18.9 Å². The normalized spacial score (nSPS) is 18.0. The Morgan fingerprint density at radius 1 is 0.946 bits per heavy atom. The predicted molar refractivity (Wildman–Crippen MR) is 140 cm³/mol. The lowest BCUT2D eigenvalue weighted by Crippen LogP contribution is -2.56. The summed E-state index contributed by atoms with van der Waals surface area (Å²) in [5.41, 5.74) is -2.30. The molecular formula is C26H49N3O8. The first-order chi connectivity index (χ1) is 17.2. The monoisotopic (exact) mass is 531 g/mol. The molecule has 11 nitrogen and oxygen atoms in total. The zero-order valence-electron chi connectivity index (χ0n) is 23.7. The smallest absolute Gasteiger partial charge is 0.348 e. The number of Topliss-reactive ketones (excluding diaryl/α,β-unsaturated/α-hetero) is 1. The van der Waals surface area contributed by atoms with Gasteiger partial charge in [0, 0.05) is 13.5 Å². The third kappa shape index (κ3) is 11.1. The maximum atomic E-state index is 13.5. The molecule has 37 heavy (non-hydrogen) atoms. The Balaban J connectivity index is 6.23. The molecule has 0 heterocycles. The quantitative estimate of drug-likeness (QED) is 0.120. The molecule has 0 bridgehead atoms. The summed E-state index contributed by atoms with van der Waals surface area (Å²) in [5, 5.41) is 35.4. The second-order valence-corrected chi connectivity index (χ2v) is 10.2. The van der Waals surface area contributed by atoms with E-state index in [-0.39, 0.29) is 18.2 Å². The minimum atomic E-state index is -2.30. The van der Waals surface area contributed by atoms with Gasteiger partial charge in [0.25, 0.3) is 0 Å². The average molecular weight is 532 g/mol. The van der Waals surface area contributed by atoms with Gasteiger partial charge in [-0.2, -0.15) is 0 Å². The van der Waals surface area contributed by atoms with Crippen LogP contribution < -0.4 is 10.6 Å². The molecule has 0 aliphatic carbocycles. The number of amides is 1. The highest BCUT2D eigenvalue weighted by atomic mass is 16.6. The van der Waals surface area contributed by atoms with Crippen LogP contribution in [0.3, 0.4) is 0 Å². The van der Waals surface area contributed by atoms with Crippen molar-refractivity contribution in [1.29, 1.82) is 0 Å². The van der Waals surface area contributed by atoms with Crippen LogP contribution in [-0.4, -0.2) is 101 Å². The Labute approximate surface area is 221 Å². The molecule has 7 atom stereocenters. The molecule has 11 heteroatoms. The summed E-state index contributed by atoms with van der Waals surface area (Å²) in [6.45, 7) is 8.43. The lowest BCUT2D eigenvalue weighted by atomic mass is 9.88. The Morgan fingerprint density at radius 2 is 1.51 bits per heavy atom. The molecule has 0 aromatic rings. The highest BCUT2D eigenvalue weighted by Crippen LogP contribution is 2.27. The number of hydrogen-bond acceptors (Lipinski definition) is 9. The molecule has 0 saturated heterocycles. The second-order valence-electron chi connectivity index (χ2n) is 10.2. The fourth-order valence-electron chi connectivity index (χ4n) is 4.20. The first-order valence-corrected chi connectivity index (χ1v) is 13.1. The Kier molecular flexibility index (Phi) is 15.8. The number of hydrogen-bond donors (Lipinski definition) is 5. The number of ether oxygens (including phenoxy) is 1. The summed E-state index contributed by atoms with van der Waals surface area (Å²) in [6, 6.07) is -2.38. The summed E-state index contributed by atoms with van der Waals surface area (Å²) >= 11 is 0. The fraction of sp³-hybridized carbons (Fsp3) is 0.846. The van der Waals surface area contributed by atoms with Crippen molar-refractivity contribution in [3.05, 3.63) is 0 Å². The Morgan fingerprint density at radius 3 is 1.95 bits per heavy atom. The van der Waals surface area contributed by atoms with E-state index in [4.69, 9.17) is 4.74 Å². The van der Waals surface area contributed by atoms with Crippen molar-refractivity contribution in [2.45, 2.75) is 115 Å². The second kappa shape index (κ2) is 16.7. The van der Waals surface area contributed by atoms with Gasteiger partial charge in [-0.1, -0.05) is 33.1 Å². The van der Waals surface area contributed by atoms with Crippen LogP contribution in [0.4, 0.5) is 0 Å². The van der Waals surface area contributed by atoms with Crippen molar-refractivity contribution in [2.75, 3.05) is 21.1 Å². The first kappa shape index (κ1) is 34.9. The summed E-state index contributed by atoms with van der Waals surface area (Å²) in [7, 11) is 4.68. The molecule has 0 aromatic heterocycles. The van der Waals surface area contributed by atoms with E-state index in [9.17, 15) is 34.5 Å². The Bertz CT molecular complexity index is 745. The third-order valence-corrected chi connectivity index (χ3v) is 6.91. The number of carboxylic acids is 1. The lowest BCUT2D eigenvalue weighted by molar-refractivity contribution is -0.188. The first-order valence-electron chi connectivity index (χ1n) is 13.1. The van der Waals surface area contributed by atoms with Crippen LogP contribution in [0.2, 0.25) is 0 Å². The molecule has 0 aliphatic rings. The predicted octanol–water partition coefficient (Wildman–Crippen LogP) is 1.09. The number of unbranched alkanes of at least 4 members (excludes halogenated alkanes) is 1. The van der Waals surface area contributed by atoms with E-state index in [0.717, 1.165) is 6.42 Å². The van der Waals surface area contributed by atoms with Crippen molar-refractivity contribution in [3.63, 3.8) is 0 Å². The van der Waals surface area contributed by atoms with E-state index < -0.39 is 66.5 Å². The van der Waals surface area contributed by atoms with Gasteiger partial charge in [-0.15, -0.1) is 0 Å². The Hall–Kier alpha value is -2.08. The van der Waals surface area contributed by atoms with Gasteiger partial charge >= 0.3 is 11.9 Å². The van der Waals surface area contributed by atoms with E-state index in [1.807, 2.05) is 13.8 Å². The number of esters is 1. The standard InChI is InChI=1S/C26H49N3O8/c1-9-16(2)22(28-7)23(33)29(8)20(13-11-10-12-17(3)30)24(34)37-26(25(35)36,14-18(4)31)15-21(32)19(5)27-6/h16-20,22,27-28,30-31H,9-15H2,1-8H3,(H,35,36)/t16-,17?,18?,19-,20-,22-,26?/m0/s1. The fourth-order valence-corrected chi connectivity index (χ4v) is 4.20. The minimum Gasteiger partial charge on any atom is -0.478 e. The molecule has 0 rings (SSSR count). The van der Waals surface area contributed by atoms with Gasteiger partial charge in [-0.05, 0) is 53.6 Å². The van der Waals surface area contributed by atoms with E-state index in [1.54, 1.807) is 27.9 Å². The third-order valence-electron chi connectivity index (χ3n) is 6.91. The maximum absolute atomic E-state index is 13.5. The summed E-state index contributed by atoms with van der Waals surface area (Å²) in [6.07, 6.45) is -0.370. The van der Waals surface area contributed by atoms with Crippen molar-refractivity contribution in [1.82, 2.24) is 15.5 Å². The highest BCUT2D eigenvalue weighted by molar-refractivity contribution is 5.93. The van der Waals surface area contributed by atoms with Crippen LogP contribution in [0.25, 0.3) is 0 Å². The SMILES string of the molecule is CC[C@H](C)[C@H](NC)C(=O)N(C)[C@@H](CCCCC(C)O)C(=O)OC(CC(=O)[C@H](C)NC)(CC(C)O)C(=O)O. The molecular weight excluding hydrogens is 482 g/mol. The van der Waals surface area contributed by atoms with Gasteiger partial charge in [0.15, 0.2) is 5.78 Å². The number of likely N-dealkylation sites (N-methyl/N-ethyl adjacent to an activating group) is 3. The number of ketones is 1. The molecule has 0 radical (unpaired) electrons. The van der Waals surface area contributed by atoms with Gasteiger partial charge in [0.05, 0.1) is 30.7 Å². The molecule has 1 amide bonds. The zero-order chi connectivity index (χ0) is 28.9. The highest BCUT2D eigenvalue weighted by Gasteiger charge is 2.48. The van der Waals surface area contributed by atoms with E-state index in [2.05, 4.69) is 10.6 Å². The van der Waals surface area contributed by atoms with Crippen LogP contribution >= 0.6 is 0 Å². The molecule has 0 fully saturated rings. The van der Waals surface area contributed by atoms with Crippen LogP contribution in [0.5, 0.6) is 0 Å². The number of nitrogens with zero attached hydrogens (tertiary/aromatic N) is 1. The van der Waals surface area contributed by atoms with E-state index in [0.29, 0.717) is 19.3 Å². The van der Waals surface area contributed by atoms with Gasteiger partial charge < -0.3 is 35.6 Å². The molecule has 0 aliphatic heterocycles. The van der Waals surface area contributed by atoms with Gasteiger partial charge in [-0.3, -0.25) is 9.59 Å². The van der Waals surface area contributed by atoms with Gasteiger partial charge in [-0.25, -0.2) is 9.59 Å². The number of aliphatic hydroxyl groups is 2. The maximum Gasteiger partial charge on any atom is 0.348 e. The number of aliphatic carboxylic acids is 1. The summed E-state index contributed by atoms with van der Waals surface area (Å²) in [5.74, 6) is -3.37. The number of carboxylic acid groups (broad SMARTS) is 1. The molecule has 0 aromatic carbocycles. The lowest BCUT2D eigenvalue weighted by Gasteiger charge is -2.36. The minimum absolute atomic E-state index is 0.0270.